The van der Waals surface area contributed by atoms with E-state index in [0.717, 1.165) is 6.07 Å². The third kappa shape index (κ3) is 2.69. The van der Waals surface area contributed by atoms with Crippen LogP contribution in [-0.4, -0.2) is 22.1 Å². The average Bonchev–Trinajstić information content (AvgIpc) is 2.77. The molecule has 6 nitrogen and oxygen atoms in total. The van der Waals surface area contributed by atoms with Crippen molar-refractivity contribution in [2.45, 2.75) is 0 Å². The van der Waals surface area contributed by atoms with Crippen LogP contribution in [-0.2, 0) is 0 Å². The van der Waals surface area contributed by atoms with Crippen molar-refractivity contribution >= 4 is 29.2 Å². The van der Waals surface area contributed by atoms with Gasteiger partial charge in [-0.2, -0.15) is 0 Å². The lowest BCUT2D eigenvalue weighted by Crippen LogP contribution is -2.12. The summed E-state index contributed by atoms with van der Waals surface area (Å²) in [6.45, 7) is 0. The maximum absolute atomic E-state index is 11.8. The van der Waals surface area contributed by atoms with Crippen molar-refractivity contribution in [1.29, 1.82) is 0 Å². The highest BCUT2D eigenvalue weighted by Crippen LogP contribution is 2.23. The number of hydrogen-bond acceptors (Lipinski definition) is 4. The highest BCUT2D eigenvalue weighted by Gasteiger charge is 2.15. The molecule has 3 N–H and O–H groups in total. The number of benzene rings is 1. The van der Waals surface area contributed by atoms with E-state index in [2.05, 4.69) is 5.32 Å². The van der Waals surface area contributed by atoms with E-state index >= 15 is 0 Å². The number of aromatic carboxylic acids is 1. The average molecular weight is 282 g/mol. The minimum absolute atomic E-state index is 0.0604. The number of aromatic hydroxyl groups is 1. The van der Waals surface area contributed by atoms with Gasteiger partial charge in [-0.15, -0.1) is 0 Å². The first kappa shape index (κ1) is 13.0. The van der Waals surface area contributed by atoms with Gasteiger partial charge < -0.3 is 19.9 Å². The molecule has 0 aliphatic carbocycles. The number of halogens is 1. The first-order valence-corrected chi connectivity index (χ1v) is 5.47. The van der Waals surface area contributed by atoms with Gasteiger partial charge in [0.25, 0.3) is 5.91 Å². The molecule has 1 aromatic heterocycles. The molecule has 0 saturated heterocycles. The molecule has 19 heavy (non-hydrogen) atoms. The zero-order valence-electron chi connectivity index (χ0n) is 9.38. The minimum Gasteiger partial charge on any atom is -0.507 e. The molecule has 0 bridgehead atoms. The van der Waals surface area contributed by atoms with Crippen molar-refractivity contribution in [3.63, 3.8) is 0 Å². The SMILES string of the molecule is O=C(O)c1cc(NC(=O)c2ccoc2Cl)ccc1O. The van der Waals surface area contributed by atoms with Crippen LogP contribution in [0.3, 0.4) is 0 Å². The maximum Gasteiger partial charge on any atom is 0.339 e. The lowest BCUT2D eigenvalue weighted by molar-refractivity contribution is 0.0693. The van der Waals surface area contributed by atoms with Crippen LogP contribution in [0.15, 0.2) is 34.9 Å². The van der Waals surface area contributed by atoms with Gasteiger partial charge in [0.15, 0.2) is 0 Å². The molecule has 1 amide bonds. The van der Waals surface area contributed by atoms with E-state index in [9.17, 15) is 14.7 Å². The van der Waals surface area contributed by atoms with Crippen molar-refractivity contribution in [2.24, 2.45) is 0 Å². The number of phenols is 1. The third-order valence-electron chi connectivity index (χ3n) is 2.35. The van der Waals surface area contributed by atoms with Gasteiger partial charge in [-0.25, -0.2) is 4.79 Å². The molecule has 98 valence electrons. The number of carbonyl (C=O) groups is 2. The zero-order chi connectivity index (χ0) is 14.0. The molecule has 0 spiro atoms. The summed E-state index contributed by atoms with van der Waals surface area (Å²) < 4.78 is 4.77. The van der Waals surface area contributed by atoms with Crippen LogP contribution in [0.1, 0.15) is 20.7 Å². The summed E-state index contributed by atoms with van der Waals surface area (Å²) in [5, 5.41) is 20.6. The van der Waals surface area contributed by atoms with Gasteiger partial charge in [0.2, 0.25) is 5.22 Å². The number of carboxylic acid groups (broad SMARTS) is 1. The Morgan fingerprint density at radius 2 is 1.95 bits per heavy atom. The van der Waals surface area contributed by atoms with Crippen molar-refractivity contribution in [3.05, 3.63) is 46.9 Å². The van der Waals surface area contributed by atoms with E-state index in [4.69, 9.17) is 21.1 Å². The number of anilines is 1. The van der Waals surface area contributed by atoms with E-state index in [0.29, 0.717) is 0 Å². The molecule has 2 rings (SSSR count). The summed E-state index contributed by atoms with van der Waals surface area (Å²) in [6, 6.07) is 5.07. The first-order valence-electron chi connectivity index (χ1n) is 5.09. The predicted octanol–water partition coefficient (Wildman–Crippen LogP) is 2.59. The van der Waals surface area contributed by atoms with Crippen molar-refractivity contribution in [2.75, 3.05) is 5.32 Å². The molecule has 0 aliphatic rings. The molecule has 0 radical (unpaired) electrons. The summed E-state index contributed by atoms with van der Waals surface area (Å²) in [5.74, 6) is -2.22. The summed E-state index contributed by atoms with van der Waals surface area (Å²) in [5.41, 5.74) is 0.0418. The predicted molar refractivity (Wildman–Crippen MR) is 66.7 cm³/mol. The van der Waals surface area contributed by atoms with Crippen molar-refractivity contribution in [1.82, 2.24) is 0 Å². The third-order valence-corrected chi connectivity index (χ3v) is 2.64. The molecule has 7 heteroatoms. The fourth-order valence-electron chi connectivity index (χ4n) is 1.44. The number of hydrogen-bond donors (Lipinski definition) is 3. The second-order valence-electron chi connectivity index (χ2n) is 3.60. The first-order chi connectivity index (χ1) is 8.99. The van der Waals surface area contributed by atoms with E-state index < -0.39 is 11.9 Å². The number of amides is 1. The molecular weight excluding hydrogens is 274 g/mol. The van der Waals surface area contributed by atoms with Crippen molar-refractivity contribution in [3.8, 4) is 5.75 Å². The van der Waals surface area contributed by atoms with Crippen LogP contribution in [0.2, 0.25) is 5.22 Å². The fourth-order valence-corrected chi connectivity index (χ4v) is 1.64. The lowest BCUT2D eigenvalue weighted by Gasteiger charge is -2.06. The number of rotatable bonds is 3. The van der Waals surface area contributed by atoms with Gasteiger partial charge in [-0.3, -0.25) is 4.79 Å². The monoisotopic (exact) mass is 281 g/mol. The number of nitrogens with one attached hydrogen (secondary N) is 1. The van der Waals surface area contributed by atoms with Crippen LogP contribution in [0, 0.1) is 0 Å². The van der Waals surface area contributed by atoms with Crippen molar-refractivity contribution < 1.29 is 24.2 Å². The van der Waals surface area contributed by atoms with E-state index in [1.54, 1.807) is 0 Å². The molecule has 1 aromatic carbocycles. The van der Waals surface area contributed by atoms with Gasteiger partial charge >= 0.3 is 5.97 Å². The normalized spacial score (nSPS) is 10.2. The molecule has 0 fully saturated rings. The van der Waals surface area contributed by atoms with Crippen LogP contribution in [0.25, 0.3) is 0 Å². The van der Waals surface area contributed by atoms with Gasteiger partial charge in [0.05, 0.1) is 11.8 Å². The molecule has 0 unspecified atom stereocenters. The Morgan fingerprint density at radius 3 is 2.53 bits per heavy atom. The Hall–Kier alpha value is -2.47. The van der Waals surface area contributed by atoms with E-state index in [1.807, 2.05) is 0 Å². The van der Waals surface area contributed by atoms with E-state index in [-0.39, 0.29) is 27.8 Å². The Labute approximate surface area is 112 Å². The molecule has 0 atom stereocenters. The Balaban J connectivity index is 2.25. The van der Waals surface area contributed by atoms with E-state index in [1.165, 1.54) is 24.5 Å². The van der Waals surface area contributed by atoms with Gasteiger partial charge in [-0.1, -0.05) is 0 Å². The largest absolute Gasteiger partial charge is 0.507 e. The second-order valence-corrected chi connectivity index (χ2v) is 3.94. The second kappa shape index (κ2) is 5.03. The zero-order valence-corrected chi connectivity index (χ0v) is 10.1. The Morgan fingerprint density at radius 1 is 1.21 bits per heavy atom. The molecule has 1 heterocycles. The fraction of sp³-hybridized carbons (Fsp3) is 0. The Bertz CT molecular complexity index is 649. The lowest BCUT2D eigenvalue weighted by atomic mass is 10.1. The molecule has 0 saturated carbocycles. The molecular formula is C12H8ClNO5. The summed E-state index contributed by atoms with van der Waals surface area (Å²) in [4.78, 5) is 22.6. The highest BCUT2D eigenvalue weighted by atomic mass is 35.5. The summed E-state index contributed by atoms with van der Waals surface area (Å²) in [6.07, 6.45) is 1.26. The Kier molecular flexibility index (Phi) is 3.43. The molecule has 0 aliphatic heterocycles. The topological polar surface area (TPSA) is 99.8 Å². The highest BCUT2D eigenvalue weighted by molar-refractivity contribution is 6.32. The molecule has 2 aromatic rings. The number of carbonyl (C=O) groups excluding carboxylic acids is 1. The van der Waals surface area contributed by atoms with Crippen LogP contribution < -0.4 is 5.32 Å². The smallest absolute Gasteiger partial charge is 0.339 e. The number of carboxylic acids is 1. The van der Waals surface area contributed by atoms with Crippen LogP contribution in [0.5, 0.6) is 5.75 Å². The summed E-state index contributed by atoms with van der Waals surface area (Å²) in [7, 11) is 0. The van der Waals surface area contributed by atoms with Crippen LogP contribution >= 0.6 is 11.6 Å². The maximum atomic E-state index is 11.8. The van der Waals surface area contributed by atoms with Gasteiger partial charge in [-0.05, 0) is 35.9 Å². The van der Waals surface area contributed by atoms with Gasteiger partial charge in [0, 0.05) is 5.69 Å². The quantitative estimate of drug-likeness (QED) is 0.751. The van der Waals surface area contributed by atoms with Gasteiger partial charge in [0.1, 0.15) is 11.3 Å². The summed E-state index contributed by atoms with van der Waals surface area (Å²) >= 11 is 5.65. The number of furan rings is 1. The van der Waals surface area contributed by atoms with Crippen LogP contribution in [0.4, 0.5) is 5.69 Å². The minimum atomic E-state index is -1.30. The standard InChI is InChI=1S/C12H8ClNO5/c13-10-7(3-4-19-10)11(16)14-6-1-2-9(15)8(5-6)12(17)18/h1-5,15H,(H,14,16)(H,17,18).